The van der Waals surface area contributed by atoms with Gasteiger partial charge in [-0.15, -0.1) is 11.3 Å². The van der Waals surface area contributed by atoms with Gasteiger partial charge >= 0.3 is 0 Å². The van der Waals surface area contributed by atoms with E-state index >= 15 is 0 Å². The van der Waals surface area contributed by atoms with Crippen LogP contribution in [0.15, 0.2) is 10.9 Å². The van der Waals surface area contributed by atoms with E-state index in [0.29, 0.717) is 12.2 Å². The van der Waals surface area contributed by atoms with Crippen molar-refractivity contribution in [3.63, 3.8) is 0 Å². The second-order valence-electron chi connectivity index (χ2n) is 4.06. The highest BCUT2D eigenvalue weighted by Crippen LogP contribution is 2.10. The maximum absolute atomic E-state index is 11.7. The van der Waals surface area contributed by atoms with Crippen LogP contribution < -0.4 is 5.32 Å². The summed E-state index contributed by atoms with van der Waals surface area (Å²) in [5.74, 6) is -0.0926. The van der Waals surface area contributed by atoms with Crippen molar-refractivity contribution in [2.45, 2.75) is 18.9 Å². The molecule has 0 bridgehead atoms. The van der Waals surface area contributed by atoms with E-state index in [2.05, 4.69) is 21.3 Å². The van der Waals surface area contributed by atoms with Gasteiger partial charge in [0, 0.05) is 24.5 Å². The van der Waals surface area contributed by atoms with E-state index in [4.69, 9.17) is 5.26 Å². The summed E-state index contributed by atoms with van der Waals surface area (Å²) in [6, 6.07) is 2.35. The van der Waals surface area contributed by atoms with E-state index in [9.17, 15) is 4.79 Å². The second-order valence-corrected chi connectivity index (χ2v) is 4.77. The highest BCUT2D eigenvalue weighted by atomic mass is 32.1. The van der Waals surface area contributed by atoms with Crippen molar-refractivity contribution < 1.29 is 4.79 Å². The molecular formula is C11H14N4OS. The van der Waals surface area contributed by atoms with Gasteiger partial charge in [0.25, 0.3) is 5.91 Å². The number of carbonyl (C=O) groups excluding carboxylic acids is 1. The summed E-state index contributed by atoms with van der Waals surface area (Å²) in [5.41, 5.74) is 2.15. The fourth-order valence-corrected chi connectivity index (χ4v) is 2.45. The summed E-state index contributed by atoms with van der Waals surface area (Å²) in [7, 11) is 0. The van der Waals surface area contributed by atoms with E-state index in [1.165, 1.54) is 11.3 Å². The Morgan fingerprint density at radius 2 is 2.41 bits per heavy atom. The number of rotatable bonds is 3. The molecule has 90 valence electrons. The lowest BCUT2D eigenvalue weighted by Crippen LogP contribution is -2.44. The molecule has 0 saturated carbocycles. The van der Waals surface area contributed by atoms with Crippen LogP contribution in [0.1, 0.15) is 23.3 Å². The standard InChI is InChI=1S/C11H14N4OS/c12-3-6-15-4-1-9(2-5-15)14-11(16)10-7-17-8-13-10/h7-9H,1-2,4-6H2,(H,14,16). The number of likely N-dealkylation sites (tertiary alicyclic amines) is 1. The quantitative estimate of drug-likeness (QED) is 0.808. The predicted molar refractivity (Wildman–Crippen MR) is 64.7 cm³/mol. The molecule has 1 saturated heterocycles. The van der Waals surface area contributed by atoms with Crippen LogP contribution >= 0.6 is 11.3 Å². The molecule has 0 atom stereocenters. The number of carbonyl (C=O) groups is 1. The number of aromatic nitrogens is 1. The monoisotopic (exact) mass is 250 g/mol. The van der Waals surface area contributed by atoms with Gasteiger partial charge in [0.1, 0.15) is 5.69 Å². The Morgan fingerprint density at radius 3 is 3.00 bits per heavy atom. The number of hydrogen-bond acceptors (Lipinski definition) is 5. The molecular weight excluding hydrogens is 236 g/mol. The van der Waals surface area contributed by atoms with Crippen molar-refractivity contribution in [3.8, 4) is 6.07 Å². The van der Waals surface area contributed by atoms with Crippen LogP contribution in [0.2, 0.25) is 0 Å². The molecule has 17 heavy (non-hydrogen) atoms. The number of thiazole rings is 1. The van der Waals surface area contributed by atoms with Crippen molar-refractivity contribution in [3.05, 3.63) is 16.6 Å². The van der Waals surface area contributed by atoms with Gasteiger partial charge in [-0.25, -0.2) is 4.98 Å². The Kier molecular flexibility index (Phi) is 4.07. The third kappa shape index (κ3) is 3.25. The minimum atomic E-state index is -0.0926. The van der Waals surface area contributed by atoms with Crippen LogP contribution in [0.3, 0.4) is 0 Å². The van der Waals surface area contributed by atoms with Gasteiger partial charge in [-0.05, 0) is 12.8 Å². The minimum Gasteiger partial charge on any atom is -0.348 e. The fraction of sp³-hybridized carbons (Fsp3) is 0.545. The average Bonchev–Trinajstić information content (AvgIpc) is 2.86. The summed E-state index contributed by atoms with van der Waals surface area (Å²) in [4.78, 5) is 17.8. The Morgan fingerprint density at radius 1 is 1.65 bits per heavy atom. The zero-order valence-electron chi connectivity index (χ0n) is 9.43. The molecule has 0 radical (unpaired) electrons. The highest BCUT2D eigenvalue weighted by Gasteiger charge is 2.21. The molecule has 0 aromatic carbocycles. The van der Waals surface area contributed by atoms with Crippen molar-refractivity contribution in [2.24, 2.45) is 0 Å². The first-order valence-corrected chi connectivity index (χ1v) is 6.52. The molecule has 0 spiro atoms. The molecule has 2 rings (SSSR count). The second kappa shape index (κ2) is 5.75. The van der Waals surface area contributed by atoms with Gasteiger partial charge in [0.15, 0.2) is 0 Å². The molecule has 0 unspecified atom stereocenters. The summed E-state index contributed by atoms with van der Waals surface area (Å²) < 4.78 is 0. The number of hydrogen-bond donors (Lipinski definition) is 1. The van der Waals surface area contributed by atoms with E-state index < -0.39 is 0 Å². The first kappa shape index (κ1) is 12.0. The molecule has 1 aromatic rings. The maximum atomic E-state index is 11.7. The zero-order chi connectivity index (χ0) is 12.1. The van der Waals surface area contributed by atoms with Crippen LogP contribution in [-0.4, -0.2) is 41.5 Å². The van der Waals surface area contributed by atoms with E-state index in [1.807, 2.05) is 0 Å². The van der Waals surface area contributed by atoms with Crippen LogP contribution in [0.5, 0.6) is 0 Å². The van der Waals surface area contributed by atoms with Gasteiger partial charge in [-0.1, -0.05) is 0 Å². The van der Waals surface area contributed by atoms with Gasteiger partial charge < -0.3 is 5.32 Å². The summed E-state index contributed by atoms with van der Waals surface area (Å²) in [6.45, 7) is 2.22. The van der Waals surface area contributed by atoms with Crippen molar-refractivity contribution in [1.82, 2.24) is 15.2 Å². The topological polar surface area (TPSA) is 69.0 Å². The third-order valence-corrected chi connectivity index (χ3v) is 3.47. The highest BCUT2D eigenvalue weighted by molar-refractivity contribution is 7.07. The number of nitrogens with one attached hydrogen (secondary N) is 1. The van der Waals surface area contributed by atoms with Gasteiger partial charge in [0.2, 0.25) is 0 Å². The van der Waals surface area contributed by atoms with Gasteiger partial charge in [0.05, 0.1) is 18.1 Å². The van der Waals surface area contributed by atoms with Crippen molar-refractivity contribution in [2.75, 3.05) is 19.6 Å². The number of piperidine rings is 1. The lowest BCUT2D eigenvalue weighted by Gasteiger charge is -2.30. The van der Waals surface area contributed by atoms with Crippen molar-refractivity contribution >= 4 is 17.2 Å². The molecule has 1 aliphatic heterocycles. The summed E-state index contributed by atoms with van der Waals surface area (Å²) >= 11 is 1.42. The summed E-state index contributed by atoms with van der Waals surface area (Å²) in [6.07, 6.45) is 1.80. The van der Waals surface area contributed by atoms with Gasteiger partial charge in [-0.2, -0.15) is 5.26 Å². The van der Waals surface area contributed by atoms with Gasteiger partial charge in [-0.3, -0.25) is 9.69 Å². The van der Waals surface area contributed by atoms with Crippen LogP contribution in [0.4, 0.5) is 0 Å². The molecule has 1 fully saturated rings. The van der Waals surface area contributed by atoms with Crippen LogP contribution in [0.25, 0.3) is 0 Å². The SMILES string of the molecule is N#CCN1CCC(NC(=O)c2cscn2)CC1. The maximum Gasteiger partial charge on any atom is 0.270 e. The molecule has 2 heterocycles. The first-order chi connectivity index (χ1) is 8.29. The molecule has 0 aliphatic carbocycles. The van der Waals surface area contributed by atoms with Crippen LogP contribution in [-0.2, 0) is 0 Å². The molecule has 1 aromatic heterocycles. The Hall–Kier alpha value is -1.45. The predicted octanol–water partition coefficient (Wildman–Crippen LogP) is 0.861. The molecule has 1 N–H and O–H groups in total. The Balaban J connectivity index is 1.79. The average molecular weight is 250 g/mol. The number of amides is 1. The minimum absolute atomic E-state index is 0.0926. The third-order valence-electron chi connectivity index (χ3n) is 2.88. The molecule has 6 heteroatoms. The fourth-order valence-electron chi connectivity index (χ4n) is 1.92. The molecule has 5 nitrogen and oxygen atoms in total. The summed E-state index contributed by atoms with van der Waals surface area (Å²) in [5, 5.41) is 13.3. The van der Waals surface area contributed by atoms with Crippen molar-refractivity contribution in [1.29, 1.82) is 5.26 Å². The number of nitrogens with zero attached hydrogens (tertiary/aromatic N) is 3. The lowest BCUT2D eigenvalue weighted by atomic mass is 10.1. The largest absolute Gasteiger partial charge is 0.348 e. The normalized spacial score (nSPS) is 17.6. The first-order valence-electron chi connectivity index (χ1n) is 5.58. The lowest BCUT2D eigenvalue weighted by molar-refractivity contribution is 0.0910. The Bertz CT molecular complexity index is 404. The van der Waals surface area contributed by atoms with E-state index in [1.54, 1.807) is 10.9 Å². The van der Waals surface area contributed by atoms with Crippen LogP contribution in [0, 0.1) is 11.3 Å². The number of nitriles is 1. The van der Waals surface area contributed by atoms with E-state index in [-0.39, 0.29) is 11.9 Å². The molecule has 1 amide bonds. The van der Waals surface area contributed by atoms with E-state index in [0.717, 1.165) is 25.9 Å². The zero-order valence-corrected chi connectivity index (χ0v) is 10.2. The smallest absolute Gasteiger partial charge is 0.270 e. The molecule has 1 aliphatic rings. The Labute approximate surface area is 104 Å².